The van der Waals surface area contributed by atoms with E-state index in [2.05, 4.69) is 4.98 Å². The van der Waals surface area contributed by atoms with Crippen molar-refractivity contribution in [3.63, 3.8) is 0 Å². The molecule has 0 amide bonds. The van der Waals surface area contributed by atoms with Crippen molar-refractivity contribution in [3.8, 4) is 5.75 Å². The molecule has 1 aromatic rings. The number of methoxy groups -OCH3 is 1. The van der Waals surface area contributed by atoms with Gasteiger partial charge in [0.2, 0.25) is 5.75 Å². The van der Waals surface area contributed by atoms with Crippen LogP contribution >= 0.6 is 0 Å². The van der Waals surface area contributed by atoms with E-state index < -0.39 is 4.92 Å². The van der Waals surface area contributed by atoms with Gasteiger partial charge in [-0.3, -0.25) is 0 Å². The van der Waals surface area contributed by atoms with Crippen molar-refractivity contribution in [1.29, 1.82) is 0 Å². The molecule has 0 aliphatic heterocycles. The molecule has 0 saturated carbocycles. The molecule has 0 aliphatic carbocycles. The number of aromatic nitrogens is 1. The summed E-state index contributed by atoms with van der Waals surface area (Å²) in [5.41, 5.74) is 0. The molecule has 0 saturated heterocycles. The van der Waals surface area contributed by atoms with Crippen LogP contribution in [0.3, 0.4) is 0 Å². The van der Waals surface area contributed by atoms with Crippen LogP contribution in [0.25, 0.3) is 0 Å². The van der Waals surface area contributed by atoms with E-state index in [9.17, 15) is 10.1 Å². The molecule has 1 heterocycles. The highest BCUT2D eigenvalue weighted by Gasteiger charge is 2.14. The zero-order valence-corrected chi connectivity index (χ0v) is 7.67. The fourth-order valence-electron chi connectivity index (χ4n) is 0.867. The Labute approximate surface area is 80.6 Å². The van der Waals surface area contributed by atoms with Gasteiger partial charge in [-0.25, -0.2) is 0 Å². The monoisotopic (exact) mass is 198 g/mol. The van der Waals surface area contributed by atoms with Crippen molar-refractivity contribution in [2.24, 2.45) is 0 Å². The number of nitrogens with zero attached hydrogens (tertiary/aromatic N) is 2. The molecule has 0 atom stereocenters. The molecule has 6 nitrogen and oxygen atoms in total. The molecular formula is C8H10N2O4. The second kappa shape index (κ2) is 5.13. The molecule has 1 rings (SSSR count). The first-order valence-corrected chi connectivity index (χ1v) is 3.97. The van der Waals surface area contributed by atoms with Crippen molar-refractivity contribution in [2.75, 3.05) is 20.3 Å². The number of hydrogen-bond donors (Lipinski definition) is 0. The Morgan fingerprint density at radius 3 is 3.00 bits per heavy atom. The fraction of sp³-hybridized carbons (Fsp3) is 0.375. The molecule has 6 heteroatoms. The highest BCUT2D eigenvalue weighted by molar-refractivity contribution is 5.38. The van der Waals surface area contributed by atoms with Gasteiger partial charge in [-0.15, -0.1) is 0 Å². The lowest BCUT2D eigenvalue weighted by molar-refractivity contribution is -0.390. The van der Waals surface area contributed by atoms with Gasteiger partial charge in [-0.05, 0) is 22.0 Å². The third-order valence-corrected chi connectivity index (χ3v) is 1.47. The Kier molecular flexibility index (Phi) is 3.81. The highest BCUT2D eigenvalue weighted by atomic mass is 16.6. The summed E-state index contributed by atoms with van der Waals surface area (Å²) in [7, 11) is 1.53. The summed E-state index contributed by atoms with van der Waals surface area (Å²) >= 11 is 0. The molecule has 0 N–H and O–H groups in total. The molecule has 1 aromatic heterocycles. The number of nitro groups is 1. The Morgan fingerprint density at radius 1 is 1.57 bits per heavy atom. The van der Waals surface area contributed by atoms with Crippen LogP contribution in [0, 0.1) is 10.1 Å². The lowest BCUT2D eigenvalue weighted by Gasteiger charge is -2.04. The van der Waals surface area contributed by atoms with Gasteiger partial charge < -0.3 is 19.6 Å². The van der Waals surface area contributed by atoms with Crippen LogP contribution < -0.4 is 4.74 Å². The average molecular weight is 198 g/mol. The maximum Gasteiger partial charge on any atom is 0.406 e. The van der Waals surface area contributed by atoms with Gasteiger partial charge in [0.25, 0.3) is 0 Å². The minimum Gasteiger partial charge on any atom is -0.483 e. The van der Waals surface area contributed by atoms with Crippen molar-refractivity contribution in [3.05, 3.63) is 28.4 Å². The molecule has 76 valence electrons. The molecule has 0 fully saturated rings. The van der Waals surface area contributed by atoms with Crippen molar-refractivity contribution < 1.29 is 14.4 Å². The van der Waals surface area contributed by atoms with Crippen molar-refractivity contribution >= 4 is 5.82 Å². The van der Waals surface area contributed by atoms with Crippen LogP contribution in [0.1, 0.15) is 0 Å². The first-order chi connectivity index (χ1) is 6.75. The van der Waals surface area contributed by atoms with Gasteiger partial charge in [0, 0.05) is 7.11 Å². The van der Waals surface area contributed by atoms with Crippen LogP contribution in [0.5, 0.6) is 5.75 Å². The zero-order valence-electron chi connectivity index (χ0n) is 7.67. The van der Waals surface area contributed by atoms with Crippen LogP contribution in [0.4, 0.5) is 5.82 Å². The highest BCUT2D eigenvalue weighted by Crippen LogP contribution is 2.22. The smallest absolute Gasteiger partial charge is 0.406 e. The predicted octanol–water partition coefficient (Wildman–Crippen LogP) is 1.02. The number of pyridine rings is 1. The fourth-order valence-corrected chi connectivity index (χ4v) is 0.867. The topological polar surface area (TPSA) is 74.5 Å². The van der Waals surface area contributed by atoms with Gasteiger partial charge >= 0.3 is 5.82 Å². The summed E-state index contributed by atoms with van der Waals surface area (Å²) in [6.45, 7) is 0.648. The third kappa shape index (κ3) is 2.67. The normalized spacial score (nSPS) is 9.79. The van der Waals surface area contributed by atoms with Gasteiger partial charge in [-0.1, -0.05) is 0 Å². The van der Waals surface area contributed by atoms with E-state index in [0.717, 1.165) is 0 Å². The summed E-state index contributed by atoms with van der Waals surface area (Å²) in [5, 5.41) is 10.5. The molecule has 0 bridgehead atoms. The van der Waals surface area contributed by atoms with E-state index in [1.54, 1.807) is 6.07 Å². The summed E-state index contributed by atoms with van der Waals surface area (Å²) in [4.78, 5) is 13.5. The lowest BCUT2D eigenvalue weighted by atomic mass is 10.4. The maximum absolute atomic E-state index is 10.5. The number of ether oxygens (including phenoxy) is 2. The van der Waals surface area contributed by atoms with Crippen molar-refractivity contribution in [1.82, 2.24) is 4.98 Å². The summed E-state index contributed by atoms with van der Waals surface area (Å²) in [5.74, 6) is -0.113. The van der Waals surface area contributed by atoms with E-state index >= 15 is 0 Å². The minimum atomic E-state index is -0.581. The first-order valence-electron chi connectivity index (χ1n) is 3.97. The van der Waals surface area contributed by atoms with Crippen LogP contribution in [0.2, 0.25) is 0 Å². The molecule has 0 aromatic carbocycles. The first kappa shape index (κ1) is 10.4. The Hall–Kier alpha value is -1.69. The summed E-state index contributed by atoms with van der Waals surface area (Å²) < 4.78 is 9.86. The van der Waals surface area contributed by atoms with E-state index in [4.69, 9.17) is 9.47 Å². The second-order valence-corrected chi connectivity index (χ2v) is 2.42. The Bertz CT molecular complexity index is 316. The van der Waals surface area contributed by atoms with Crippen LogP contribution in [-0.2, 0) is 4.74 Å². The molecule has 0 radical (unpaired) electrons. The van der Waals surface area contributed by atoms with Gasteiger partial charge in [0.15, 0.2) is 0 Å². The molecule has 0 aliphatic rings. The third-order valence-electron chi connectivity index (χ3n) is 1.47. The maximum atomic E-state index is 10.5. The molecule has 0 unspecified atom stereocenters. The Balaban J connectivity index is 2.69. The zero-order chi connectivity index (χ0) is 10.4. The van der Waals surface area contributed by atoms with Crippen LogP contribution in [-0.4, -0.2) is 30.2 Å². The predicted molar refractivity (Wildman–Crippen MR) is 48.3 cm³/mol. The van der Waals surface area contributed by atoms with Gasteiger partial charge in [0.05, 0.1) is 6.61 Å². The van der Waals surface area contributed by atoms with Crippen molar-refractivity contribution in [2.45, 2.75) is 0 Å². The molecule has 14 heavy (non-hydrogen) atoms. The van der Waals surface area contributed by atoms with E-state index in [-0.39, 0.29) is 18.2 Å². The SMILES string of the molecule is COCCOc1cccnc1[N+](=O)[O-]. The standard InChI is InChI=1S/C8H10N2O4/c1-13-5-6-14-7-3-2-4-9-8(7)10(11)12/h2-4H,5-6H2,1H3. The Morgan fingerprint density at radius 2 is 2.36 bits per heavy atom. The number of rotatable bonds is 5. The molecule has 0 spiro atoms. The van der Waals surface area contributed by atoms with E-state index in [1.165, 1.54) is 19.4 Å². The van der Waals surface area contributed by atoms with E-state index in [0.29, 0.717) is 6.61 Å². The van der Waals surface area contributed by atoms with E-state index in [1.807, 2.05) is 0 Å². The van der Waals surface area contributed by atoms with Crippen LogP contribution in [0.15, 0.2) is 18.3 Å². The summed E-state index contributed by atoms with van der Waals surface area (Å²) in [6.07, 6.45) is 1.35. The largest absolute Gasteiger partial charge is 0.483 e. The van der Waals surface area contributed by atoms with Gasteiger partial charge in [-0.2, -0.15) is 0 Å². The second-order valence-electron chi connectivity index (χ2n) is 2.42. The number of hydrogen-bond acceptors (Lipinski definition) is 5. The lowest BCUT2D eigenvalue weighted by Crippen LogP contribution is -2.06. The molecular weight excluding hydrogens is 188 g/mol. The average Bonchev–Trinajstić information content (AvgIpc) is 2.19. The van der Waals surface area contributed by atoms with Gasteiger partial charge in [0.1, 0.15) is 12.8 Å². The quantitative estimate of drug-likeness (QED) is 0.401. The summed E-state index contributed by atoms with van der Waals surface area (Å²) in [6, 6.07) is 3.08. The minimum absolute atomic E-state index is 0.162.